The smallest absolute Gasteiger partial charge is 0.234 e. The number of carbonyl (C=O) groups excluding carboxylic acids is 1. The third-order valence-corrected chi connectivity index (χ3v) is 3.63. The van der Waals surface area contributed by atoms with Crippen molar-refractivity contribution < 1.29 is 14.6 Å². The average Bonchev–Trinajstić information content (AvgIpc) is 2.82. The SMILES string of the molecule is O=C(CN1CCOCC1CO)NC1CCCC1. The highest BCUT2D eigenvalue weighted by molar-refractivity contribution is 5.78. The minimum atomic E-state index is -0.0296. The number of nitrogens with one attached hydrogen (secondary N) is 1. The molecule has 2 fully saturated rings. The van der Waals surface area contributed by atoms with Crippen LogP contribution in [0.5, 0.6) is 0 Å². The van der Waals surface area contributed by atoms with E-state index in [4.69, 9.17) is 4.74 Å². The molecule has 0 aromatic heterocycles. The number of aliphatic hydroxyl groups excluding tert-OH is 1. The van der Waals surface area contributed by atoms with Crippen LogP contribution in [0.15, 0.2) is 0 Å². The lowest BCUT2D eigenvalue weighted by atomic mass is 10.2. The summed E-state index contributed by atoms with van der Waals surface area (Å²) < 4.78 is 5.28. The third kappa shape index (κ3) is 3.66. The summed E-state index contributed by atoms with van der Waals surface area (Å²) >= 11 is 0. The fraction of sp³-hybridized carbons (Fsp3) is 0.917. The lowest BCUT2D eigenvalue weighted by Crippen LogP contribution is -2.52. The molecule has 1 saturated heterocycles. The molecule has 0 spiro atoms. The summed E-state index contributed by atoms with van der Waals surface area (Å²) in [6, 6.07) is 0.342. The Bertz CT molecular complexity index is 254. The first-order valence-corrected chi connectivity index (χ1v) is 6.51. The van der Waals surface area contributed by atoms with Crippen molar-refractivity contribution in [3.63, 3.8) is 0 Å². The minimum absolute atomic E-state index is 0.0296. The minimum Gasteiger partial charge on any atom is -0.395 e. The number of nitrogens with zero attached hydrogens (tertiary/aromatic N) is 1. The summed E-state index contributed by atoms with van der Waals surface area (Å²) in [4.78, 5) is 13.9. The van der Waals surface area contributed by atoms with Crippen LogP contribution in [0.1, 0.15) is 25.7 Å². The van der Waals surface area contributed by atoms with Crippen molar-refractivity contribution >= 4 is 5.91 Å². The summed E-state index contributed by atoms with van der Waals surface area (Å²) in [6.07, 6.45) is 4.67. The largest absolute Gasteiger partial charge is 0.395 e. The normalized spacial score (nSPS) is 27.2. The van der Waals surface area contributed by atoms with E-state index >= 15 is 0 Å². The molecule has 5 nitrogen and oxygen atoms in total. The van der Waals surface area contributed by atoms with Crippen LogP contribution >= 0.6 is 0 Å². The zero-order valence-corrected chi connectivity index (χ0v) is 10.2. The molecule has 0 aromatic rings. The van der Waals surface area contributed by atoms with Crippen LogP contribution in [0.3, 0.4) is 0 Å². The van der Waals surface area contributed by atoms with Crippen LogP contribution in [0.4, 0.5) is 0 Å². The van der Waals surface area contributed by atoms with Gasteiger partial charge in [0.05, 0.1) is 32.4 Å². The lowest BCUT2D eigenvalue weighted by molar-refractivity contribution is -0.125. The first-order chi connectivity index (χ1) is 8.29. The Hall–Kier alpha value is -0.650. The van der Waals surface area contributed by atoms with Gasteiger partial charge in [-0.2, -0.15) is 0 Å². The van der Waals surface area contributed by atoms with E-state index < -0.39 is 0 Å². The molecule has 2 rings (SSSR count). The summed E-state index contributed by atoms with van der Waals surface area (Å²) in [7, 11) is 0. The van der Waals surface area contributed by atoms with Gasteiger partial charge in [-0.3, -0.25) is 9.69 Å². The van der Waals surface area contributed by atoms with Crippen molar-refractivity contribution in [2.24, 2.45) is 0 Å². The molecule has 1 aliphatic carbocycles. The van der Waals surface area contributed by atoms with Crippen molar-refractivity contribution in [1.82, 2.24) is 10.2 Å². The van der Waals surface area contributed by atoms with Gasteiger partial charge in [0.25, 0.3) is 0 Å². The van der Waals surface area contributed by atoms with Gasteiger partial charge < -0.3 is 15.2 Å². The van der Waals surface area contributed by atoms with E-state index in [2.05, 4.69) is 5.32 Å². The maximum absolute atomic E-state index is 11.9. The zero-order chi connectivity index (χ0) is 12.1. The van der Waals surface area contributed by atoms with Gasteiger partial charge in [0.15, 0.2) is 0 Å². The second kappa shape index (κ2) is 6.33. The second-order valence-corrected chi connectivity index (χ2v) is 4.93. The zero-order valence-electron chi connectivity index (χ0n) is 10.2. The number of hydrogen-bond acceptors (Lipinski definition) is 4. The molecule has 1 unspecified atom stereocenters. The van der Waals surface area contributed by atoms with E-state index in [1.165, 1.54) is 12.8 Å². The van der Waals surface area contributed by atoms with Crippen LogP contribution in [0.2, 0.25) is 0 Å². The summed E-state index contributed by atoms with van der Waals surface area (Å²) in [5.74, 6) is 0.0808. The van der Waals surface area contributed by atoms with E-state index in [-0.39, 0.29) is 18.6 Å². The molecule has 98 valence electrons. The molecule has 0 aromatic carbocycles. The number of hydrogen-bond donors (Lipinski definition) is 2. The molecular formula is C12H22N2O3. The Morgan fingerprint density at radius 1 is 1.41 bits per heavy atom. The first kappa shape index (κ1) is 12.8. The molecule has 5 heteroatoms. The molecule has 1 saturated carbocycles. The van der Waals surface area contributed by atoms with Crippen molar-refractivity contribution in [2.75, 3.05) is 32.9 Å². The van der Waals surface area contributed by atoms with Gasteiger partial charge in [-0.1, -0.05) is 12.8 Å². The molecule has 0 radical (unpaired) electrons. The predicted octanol–water partition coefficient (Wildman–Crippen LogP) is -0.262. The van der Waals surface area contributed by atoms with Crippen molar-refractivity contribution in [2.45, 2.75) is 37.8 Å². The van der Waals surface area contributed by atoms with Gasteiger partial charge in [-0.25, -0.2) is 0 Å². The number of rotatable bonds is 4. The Morgan fingerprint density at radius 3 is 2.88 bits per heavy atom. The van der Waals surface area contributed by atoms with E-state index in [0.29, 0.717) is 25.8 Å². The predicted molar refractivity (Wildman–Crippen MR) is 63.7 cm³/mol. The van der Waals surface area contributed by atoms with E-state index in [1.54, 1.807) is 0 Å². The molecule has 1 heterocycles. The quantitative estimate of drug-likeness (QED) is 0.713. The Morgan fingerprint density at radius 2 is 2.18 bits per heavy atom. The number of aliphatic hydroxyl groups is 1. The van der Waals surface area contributed by atoms with Gasteiger partial charge in [0.2, 0.25) is 5.91 Å². The number of amides is 1. The van der Waals surface area contributed by atoms with Crippen LogP contribution in [0.25, 0.3) is 0 Å². The summed E-state index contributed by atoms with van der Waals surface area (Å²) in [5.41, 5.74) is 0. The van der Waals surface area contributed by atoms with E-state index in [9.17, 15) is 9.90 Å². The monoisotopic (exact) mass is 242 g/mol. The fourth-order valence-corrected chi connectivity index (χ4v) is 2.59. The highest BCUT2D eigenvalue weighted by Gasteiger charge is 2.25. The molecule has 2 aliphatic rings. The molecule has 2 N–H and O–H groups in total. The van der Waals surface area contributed by atoms with Gasteiger partial charge in [0.1, 0.15) is 0 Å². The van der Waals surface area contributed by atoms with Gasteiger partial charge in [0, 0.05) is 12.6 Å². The second-order valence-electron chi connectivity index (χ2n) is 4.93. The molecule has 0 bridgehead atoms. The topological polar surface area (TPSA) is 61.8 Å². The highest BCUT2D eigenvalue weighted by Crippen LogP contribution is 2.17. The standard InChI is InChI=1S/C12H22N2O3/c15-8-11-9-17-6-5-14(11)7-12(16)13-10-3-1-2-4-10/h10-11,15H,1-9H2,(H,13,16). The Kier molecular flexibility index (Phi) is 4.76. The van der Waals surface area contributed by atoms with Crippen LogP contribution < -0.4 is 5.32 Å². The Labute approximate surface area is 102 Å². The Balaban J connectivity index is 1.75. The molecule has 17 heavy (non-hydrogen) atoms. The lowest BCUT2D eigenvalue weighted by Gasteiger charge is -2.34. The summed E-state index contributed by atoms with van der Waals surface area (Å²) in [5, 5.41) is 12.3. The molecular weight excluding hydrogens is 220 g/mol. The van der Waals surface area contributed by atoms with E-state index in [1.807, 2.05) is 4.90 Å². The van der Waals surface area contributed by atoms with Crippen LogP contribution in [-0.2, 0) is 9.53 Å². The van der Waals surface area contributed by atoms with Crippen molar-refractivity contribution in [1.29, 1.82) is 0 Å². The first-order valence-electron chi connectivity index (χ1n) is 6.51. The maximum Gasteiger partial charge on any atom is 0.234 e. The molecule has 1 atom stereocenters. The van der Waals surface area contributed by atoms with Crippen LogP contribution in [0, 0.1) is 0 Å². The summed E-state index contributed by atoms with van der Waals surface area (Å²) in [6.45, 7) is 2.32. The van der Waals surface area contributed by atoms with Gasteiger partial charge >= 0.3 is 0 Å². The van der Waals surface area contributed by atoms with Gasteiger partial charge in [-0.05, 0) is 12.8 Å². The van der Waals surface area contributed by atoms with E-state index in [0.717, 1.165) is 19.4 Å². The van der Waals surface area contributed by atoms with Crippen molar-refractivity contribution in [3.8, 4) is 0 Å². The van der Waals surface area contributed by atoms with Crippen molar-refractivity contribution in [3.05, 3.63) is 0 Å². The van der Waals surface area contributed by atoms with Gasteiger partial charge in [-0.15, -0.1) is 0 Å². The fourth-order valence-electron chi connectivity index (χ4n) is 2.59. The number of ether oxygens (including phenoxy) is 1. The molecule has 1 amide bonds. The molecule has 1 aliphatic heterocycles. The third-order valence-electron chi connectivity index (χ3n) is 3.63. The van der Waals surface area contributed by atoms with Crippen LogP contribution in [-0.4, -0.2) is 60.9 Å². The average molecular weight is 242 g/mol. The maximum atomic E-state index is 11.9. The number of carbonyl (C=O) groups is 1. The number of morpholine rings is 1. The highest BCUT2D eigenvalue weighted by atomic mass is 16.5.